The molecule has 0 bridgehead atoms. The Bertz CT molecular complexity index is 2120. The van der Waals surface area contributed by atoms with Gasteiger partial charge >= 0.3 is 19.8 Å². The van der Waals surface area contributed by atoms with Crippen molar-refractivity contribution in [2.75, 3.05) is 47.5 Å². The lowest BCUT2D eigenvalue weighted by molar-refractivity contribution is -0.870. The molecule has 0 aliphatic carbocycles. The second-order valence-electron chi connectivity index (χ2n) is 28.4. The monoisotopic (exact) mass is 1390 g/mol. The number of phosphoric ester groups is 1. The number of phosphoric acid groups is 1. The fraction of sp³-hybridized carbons (Fsp3) is 0.727. The van der Waals surface area contributed by atoms with Gasteiger partial charge < -0.3 is 18.9 Å². The van der Waals surface area contributed by atoms with E-state index in [0.717, 1.165) is 103 Å². The van der Waals surface area contributed by atoms with Gasteiger partial charge in [-0.05, 0) is 109 Å². The molecule has 0 aliphatic heterocycles. The number of hydrogen-bond acceptors (Lipinski definition) is 7. The summed E-state index contributed by atoms with van der Waals surface area (Å²) in [4.78, 5) is 36.0. The molecule has 10 heteroatoms. The summed E-state index contributed by atoms with van der Waals surface area (Å²) in [6.07, 6.45) is 113. The summed E-state index contributed by atoms with van der Waals surface area (Å²) in [6, 6.07) is 0. The minimum atomic E-state index is -4.40. The van der Waals surface area contributed by atoms with Crippen LogP contribution in [-0.2, 0) is 32.7 Å². The molecule has 564 valence electrons. The number of rotatable bonds is 75. The molecule has 0 aromatic rings. The third-order valence-corrected chi connectivity index (χ3v) is 18.7. The van der Waals surface area contributed by atoms with Gasteiger partial charge in [-0.3, -0.25) is 18.6 Å². The number of quaternary nitrogens is 1. The number of carbonyl (C=O) groups excluding carboxylic acids is 2. The molecule has 9 nitrogen and oxygen atoms in total. The van der Waals surface area contributed by atoms with Crippen LogP contribution >= 0.6 is 7.82 Å². The van der Waals surface area contributed by atoms with Gasteiger partial charge in [-0.2, -0.15) is 0 Å². The fourth-order valence-corrected chi connectivity index (χ4v) is 12.3. The van der Waals surface area contributed by atoms with E-state index >= 15 is 0 Å². The maximum Gasteiger partial charge on any atom is 0.472 e. The van der Waals surface area contributed by atoms with E-state index in [4.69, 9.17) is 18.5 Å². The van der Waals surface area contributed by atoms with E-state index in [1.807, 2.05) is 21.1 Å². The first-order valence-electron chi connectivity index (χ1n) is 40.9. The predicted molar refractivity (Wildman–Crippen MR) is 427 cm³/mol. The molecule has 0 saturated carbocycles. The Hall–Kier alpha value is -3.85. The minimum Gasteiger partial charge on any atom is -0.462 e. The zero-order valence-corrected chi connectivity index (χ0v) is 65.4. The van der Waals surface area contributed by atoms with Gasteiger partial charge in [0, 0.05) is 12.8 Å². The van der Waals surface area contributed by atoms with Gasteiger partial charge in [0.2, 0.25) is 0 Å². The minimum absolute atomic E-state index is 0.0301. The van der Waals surface area contributed by atoms with Crippen molar-refractivity contribution in [2.45, 2.75) is 367 Å². The standard InChI is InChI=1S/C88H154NO8P/c1-6-8-10-12-14-16-18-20-22-24-26-28-30-32-34-36-38-40-42-43-44-45-47-49-51-53-55-57-59-61-63-65-67-69-71-73-75-77-79-81-88(91)97-86(85-96-98(92,93)95-83-82-89(3,4)5)84-94-87(90)80-78-76-74-72-70-68-66-64-62-60-58-56-54-52-50-48-46-41-39-37-35-33-31-29-27-25-23-21-19-17-15-13-11-9-7-2/h8-11,14-17,20-23,26-29,32-35,38,40,86H,6-7,12-13,18-19,24-25,30-31,36-37,39,41-85H2,1-5H3/p+1/b10-8-,11-9-,16-14-,17-15-,22-20-,23-21-,28-26-,29-27-,34-32-,35-33-,40-38-. The molecule has 0 fully saturated rings. The molecule has 2 unspecified atom stereocenters. The van der Waals surface area contributed by atoms with E-state index < -0.39 is 26.5 Å². The Labute approximate surface area is 606 Å². The normalized spacial score (nSPS) is 13.7. The van der Waals surface area contributed by atoms with Gasteiger partial charge in [0.05, 0.1) is 27.7 Å². The summed E-state index contributed by atoms with van der Waals surface area (Å²) in [6.45, 7) is 4.25. The summed E-state index contributed by atoms with van der Waals surface area (Å²) < 4.78 is 34.9. The highest BCUT2D eigenvalue weighted by Gasteiger charge is 2.27. The largest absolute Gasteiger partial charge is 0.472 e. The van der Waals surface area contributed by atoms with Crippen molar-refractivity contribution in [3.63, 3.8) is 0 Å². The van der Waals surface area contributed by atoms with Crippen LogP contribution in [0, 0.1) is 0 Å². The Balaban J connectivity index is 3.94. The van der Waals surface area contributed by atoms with E-state index in [-0.39, 0.29) is 32.0 Å². The van der Waals surface area contributed by atoms with E-state index in [1.54, 1.807) is 0 Å². The SMILES string of the molecule is CC/C=C\C/C=C\C/C=C\C/C=C\C/C=C\C/C=C\CCCCCCCCCCCCCCCCCCCCCCC(=O)OC(COC(=O)CCCCCCCCCCCCCCCCCCCCC/C=C\C/C=C\C/C=C\C/C=C\C/C=C\CC)COP(=O)(O)OCC[N+](C)(C)C. The number of carbonyl (C=O) groups is 2. The zero-order chi connectivity index (χ0) is 71.1. The van der Waals surface area contributed by atoms with Gasteiger partial charge in [-0.25, -0.2) is 4.57 Å². The van der Waals surface area contributed by atoms with Crippen LogP contribution in [0.5, 0.6) is 0 Å². The van der Waals surface area contributed by atoms with Gasteiger partial charge in [-0.1, -0.05) is 372 Å². The molecule has 0 rings (SSSR count). The topological polar surface area (TPSA) is 108 Å². The van der Waals surface area contributed by atoms with E-state index in [1.165, 1.54) is 225 Å². The molecule has 0 aromatic heterocycles. The van der Waals surface area contributed by atoms with Crippen LogP contribution in [-0.4, -0.2) is 74.9 Å². The van der Waals surface area contributed by atoms with Crippen LogP contribution in [0.15, 0.2) is 134 Å². The van der Waals surface area contributed by atoms with Gasteiger partial charge in [0.15, 0.2) is 6.10 Å². The zero-order valence-electron chi connectivity index (χ0n) is 64.5. The molecule has 0 aromatic carbocycles. The van der Waals surface area contributed by atoms with Gasteiger partial charge in [0.25, 0.3) is 0 Å². The summed E-state index contributed by atoms with van der Waals surface area (Å²) in [7, 11) is 1.49. The number of unbranched alkanes of at least 4 members (excludes halogenated alkanes) is 39. The van der Waals surface area contributed by atoms with Crippen LogP contribution < -0.4 is 0 Å². The Morgan fingerprint density at radius 1 is 0.316 bits per heavy atom. The van der Waals surface area contributed by atoms with Crippen molar-refractivity contribution in [3.8, 4) is 0 Å². The lowest BCUT2D eigenvalue weighted by Crippen LogP contribution is -2.37. The molecular weight excluding hydrogens is 1230 g/mol. The molecular formula is C88H155NO8P+. The van der Waals surface area contributed by atoms with Crippen LogP contribution in [0.1, 0.15) is 361 Å². The highest BCUT2D eigenvalue weighted by Crippen LogP contribution is 2.43. The average molecular weight is 1390 g/mol. The van der Waals surface area contributed by atoms with Crippen molar-refractivity contribution < 1.29 is 42.1 Å². The average Bonchev–Trinajstić information content (AvgIpc) is 1.23. The molecule has 0 saturated heterocycles. The smallest absolute Gasteiger partial charge is 0.462 e. The third-order valence-electron chi connectivity index (χ3n) is 17.7. The highest BCUT2D eigenvalue weighted by molar-refractivity contribution is 7.47. The Kier molecular flexibility index (Phi) is 74.3. The number of likely N-dealkylation sites (N-methyl/N-ethyl adjacent to an activating group) is 1. The summed E-state index contributed by atoms with van der Waals surface area (Å²) >= 11 is 0. The van der Waals surface area contributed by atoms with Crippen LogP contribution in [0.2, 0.25) is 0 Å². The molecule has 98 heavy (non-hydrogen) atoms. The number of allylic oxidation sites excluding steroid dienone is 22. The lowest BCUT2D eigenvalue weighted by atomic mass is 10.0. The van der Waals surface area contributed by atoms with E-state index in [9.17, 15) is 19.0 Å². The third kappa shape index (κ3) is 81.1. The second kappa shape index (κ2) is 77.3. The van der Waals surface area contributed by atoms with Crippen molar-refractivity contribution in [2.24, 2.45) is 0 Å². The Morgan fingerprint density at radius 2 is 0.551 bits per heavy atom. The maximum atomic E-state index is 12.9. The summed E-state index contributed by atoms with van der Waals surface area (Å²) in [5.74, 6) is -0.783. The molecule has 0 aliphatic rings. The first kappa shape index (κ1) is 94.2. The maximum absolute atomic E-state index is 12.9. The molecule has 1 N–H and O–H groups in total. The molecule has 2 atom stereocenters. The van der Waals surface area contributed by atoms with Gasteiger partial charge in [0.1, 0.15) is 19.8 Å². The lowest BCUT2D eigenvalue weighted by Gasteiger charge is -2.24. The highest BCUT2D eigenvalue weighted by atomic mass is 31.2. The first-order chi connectivity index (χ1) is 48.0. The van der Waals surface area contributed by atoms with Crippen molar-refractivity contribution in [1.29, 1.82) is 0 Å². The molecule has 0 heterocycles. The molecule has 0 amide bonds. The van der Waals surface area contributed by atoms with Gasteiger partial charge in [-0.15, -0.1) is 0 Å². The number of esters is 2. The number of hydrogen-bond donors (Lipinski definition) is 1. The quantitative estimate of drug-likeness (QED) is 0.0211. The van der Waals surface area contributed by atoms with Crippen LogP contribution in [0.25, 0.3) is 0 Å². The summed E-state index contributed by atoms with van der Waals surface area (Å²) in [5, 5.41) is 0. The van der Waals surface area contributed by atoms with Crippen LogP contribution in [0.4, 0.5) is 0 Å². The second-order valence-corrected chi connectivity index (χ2v) is 29.8. The van der Waals surface area contributed by atoms with E-state index in [2.05, 4.69) is 148 Å². The molecule has 0 radical (unpaired) electrons. The Morgan fingerprint density at radius 3 is 0.816 bits per heavy atom. The van der Waals surface area contributed by atoms with Crippen molar-refractivity contribution in [3.05, 3.63) is 134 Å². The van der Waals surface area contributed by atoms with Crippen LogP contribution in [0.3, 0.4) is 0 Å². The van der Waals surface area contributed by atoms with E-state index in [0.29, 0.717) is 17.4 Å². The number of ether oxygens (including phenoxy) is 2. The predicted octanol–water partition coefficient (Wildman–Crippen LogP) is 27.5. The first-order valence-corrected chi connectivity index (χ1v) is 42.4. The number of nitrogens with zero attached hydrogens (tertiary/aromatic N) is 1. The fourth-order valence-electron chi connectivity index (χ4n) is 11.5. The van der Waals surface area contributed by atoms with Crippen molar-refractivity contribution >= 4 is 19.8 Å². The summed E-state index contributed by atoms with van der Waals surface area (Å²) in [5.41, 5.74) is 0. The van der Waals surface area contributed by atoms with Crippen molar-refractivity contribution in [1.82, 2.24) is 0 Å². The molecule has 0 spiro atoms.